The van der Waals surface area contributed by atoms with Crippen LogP contribution >= 0.6 is 0 Å². The lowest BCUT2D eigenvalue weighted by molar-refractivity contribution is 0.378. The van der Waals surface area contributed by atoms with Gasteiger partial charge < -0.3 is 0 Å². The highest BCUT2D eigenvalue weighted by Crippen LogP contribution is 2.35. The minimum atomic E-state index is 0.583. The van der Waals surface area contributed by atoms with Crippen LogP contribution in [-0.2, 0) is 0 Å². The van der Waals surface area contributed by atoms with E-state index < -0.39 is 0 Å². The first-order valence-corrected chi connectivity index (χ1v) is 2.94. The highest BCUT2D eigenvalue weighted by Gasteiger charge is 2.21. The van der Waals surface area contributed by atoms with E-state index in [0.717, 1.165) is 0 Å². The Morgan fingerprint density at radius 1 is 1.71 bits per heavy atom. The predicted octanol–water partition coefficient (Wildman–Crippen LogP) is 2.36. The van der Waals surface area contributed by atoms with Crippen LogP contribution in [0.1, 0.15) is 26.7 Å². The second kappa shape index (κ2) is 1.36. The third kappa shape index (κ3) is 0.696. The van der Waals surface area contributed by atoms with Crippen molar-refractivity contribution in [3.05, 3.63) is 12.2 Å². The average molecular weight is 96.2 g/mol. The molecule has 0 heteroatoms. The Morgan fingerprint density at radius 2 is 2.29 bits per heavy atom. The molecular formula is C7H12. The van der Waals surface area contributed by atoms with Crippen molar-refractivity contribution in [3.8, 4) is 0 Å². The average Bonchev–Trinajstić information content (AvgIpc) is 1.61. The van der Waals surface area contributed by atoms with Crippen LogP contribution in [-0.4, -0.2) is 0 Å². The van der Waals surface area contributed by atoms with Gasteiger partial charge in [-0.15, -0.1) is 0 Å². The van der Waals surface area contributed by atoms with Crippen LogP contribution in [0.2, 0.25) is 0 Å². The van der Waals surface area contributed by atoms with E-state index in [1.807, 2.05) is 0 Å². The number of rotatable bonds is 1. The zero-order valence-corrected chi connectivity index (χ0v) is 5.07. The molecule has 7 heavy (non-hydrogen) atoms. The maximum atomic E-state index is 2.30. The van der Waals surface area contributed by atoms with Gasteiger partial charge in [-0.05, 0) is 18.3 Å². The lowest BCUT2D eigenvalue weighted by Gasteiger charge is -2.29. The normalized spacial score (nSPS) is 38.0. The fraction of sp³-hybridized carbons (Fsp3) is 0.714. The summed E-state index contributed by atoms with van der Waals surface area (Å²) in [6.07, 6.45) is 7.13. The van der Waals surface area contributed by atoms with Gasteiger partial charge in [-0.2, -0.15) is 0 Å². The van der Waals surface area contributed by atoms with Crippen molar-refractivity contribution < 1.29 is 0 Å². The first-order chi connectivity index (χ1) is 3.27. The summed E-state index contributed by atoms with van der Waals surface area (Å²) in [6.45, 7) is 4.54. The van der Waals surface area contributed by atoms with Crippen molar-refractivity contribution in [1.29, 1.82) is 0 Å². The number of hydrogen-bond acceptors (Lipinski definition) is 0. The first-order valence-electron chi connectivity index (χ1n) is 2.94. The number of hydrogen-bond donors (Lipinski definition) is 0. The number of allylic oxidation sites excluding steroid dienone is 2. The van der Waals surface area contributed by atoms with E-state index in [1.165, 1.54) is 12.8 Å². The Balaban J connectivity index is 2.47. The second-order valence-electron chi connectivity index (χ2n) is 2.61. The van der Waals surface area contributed by atoms with Gasteiger partial charge in [0.2, 0.25) is 0 Å². The van der Waals surface area contributed by atoms with E-state index in [4.69, 9.17) is 0 Å². The summed E-state index contributed by atoms with van der Waals surface area (Å²) in [5, 5.41) is 0. The maximum Gasteiger partial charge on any atom is -0.0115 e. The molecule has 0 spiro atoms. The maximum absolute atomic E-state index is 2.30. The summed E-state index contributed by atoms with van der Waals surface area (Å²) < 4.78 is 0. The van der Waals surface area contributed by atoms with Crippen molar-refractivity contribution in [1.82, 2.24) is 0 Å². The summed E-state index contributed by atoms with van der Waals surface area (Å²) >= 11 is 0. The third-order valence-corrected chi connectivity index (χ3v) is 1.91. The SMILES string of the molecule is CC[C@]1(C)C=CC1. The van der Waals surface area contributed by atoms with Crippen molar-refractivity contribution in [2.24, 2.45) is 5.41 Å². The molecule has 0 heterocycles. The molecule has 0 bridgehead atoms. The van der Waals surface area contributed by atoms with Crippen LogP contribution in [0.5, 0.6) is 0 Å². The van der Waals surface area contributed by atoms with Gasteiger partial charge in [-0.1, -0.05) is 26.0 Å². The van der Waals surface area contributed by atoms with Gasteiger partial charge >= 0.3 is 0 Å². The summed E-state index contributed by atoms with van der Waals surface area (Å²) in [4.78, 5) is 0. The van der Waals surface area contributed by atoms with E-state index in [9.17, 15) is 0 Å². The van der Waals surface area contributed by atoms with Crippen molar-refractivity contribution >= 4 is 0 Å². The zero-order valence-electron chi connectivity index (χ0n) is 5.07. The Kier molecular flexibility index (Phi) is 0.949. The Hall–Kier alpha value is -0.260. The molecule has 0 aromatic rings. The Morgan fingerprint density at radius 3 is 2.29 bits per heavy atom. The molecule has 0 nitrogen and oxygen atoms in total. The quantitative estimate of drug-likeness (QED) is 0.439. The fourth-order valence-electron chi connectivity index (χ4n) is 0.782. The van der Waals surface area contributed by atoms with Crippen LogP contribution in [0.3, 0.4) is 0 Å². The first kappa shape index (κ1) is 4.89. The molecule has 0 aromatic heterocycles. The van der Waals surface area contributed by atoms with Crippen molar-refractivity contribution in [2.45, 2.75) is 26.7 Å². The lowest BCUT2D eigenvalue weighted by Crippen LogP contribution is -2.16. The van der Waals surface area contributed by atoms with E-state index in [0.29, 0.717) is 5.41 Å². The molecule has 0 fully saturated rings. The van der Waals surface area contributed by atoms with Crippen LogP contribution in [0.4, 0.5) is 0 Å². The van der Waals surface area contributed by atoms with Gasteiger partial charge in [0.15, 0.2) is 0 Å². The molecular weight excluding hydrogens is 84.1 g/mol. The fourth-order valence-corrected chi connectivity index (χ4v) is 0.782. The Labute approximate surface area is 45.2 Å². The third-order valence-electron chi connectivity index (χ3n) is 1.91. The summed E-state index contributed by atoms with van der Waals surface area (Å²) in [7, 11) is 0. The van der Waals surface area contributed by atoms with Gasteiger partial charge in [0.05, 0.1) is 0 Å². The summed E-state index contributed by atoms with van der Waals surface area (Å²) in [5.41, 5.74) is 0.583. The molecule has 1 rings (SSSR count). The molecule has 1 aliphatic carbocycles. The van der Waals surface area contributed by atoms with Crippen LogP contribution in [0, 0.1) is 5.41 Å². The highest BCUT2D eigenvalue weighted by molar-refractivity contribution is 5.09. The summed E-state index contributed by atoms with van der Waals surface area (Å²) in [5.74, 6) is 0. The van der Waals surface area contributed by atoms with E-state index in [1.54, 1.807) is 0 Å². The minimum Gasteiger partial charge on any atom is -0.0871 e. The molecule has 1 atom stereocenters. The van der Waals surface area contributed by atoms with Gasteiger partial charge in [0, 0.05) is 0 Å². The van der Waals surface area contributed by atoms with Gasteiger partial charge in [-0.25, -0.2) is 0 Å². The molecule has 0 saturated heterocycles. The monoisotopic (exact) mass is 96.1 g/mol. The lowest BCUT2D eigenvalue weighted by atomic mass is 9.76. The highest BCUT2D eigenvalue weighted by atomic mass is 14.3. The standard InChI is InChI=1S/C7H12/c1-3-7(2)5-4-6-7/h4-5H,3,6H2,1-2H3/t7-/m1/s1. The molecule has 40 valence electrons. The van der Waals surface area contributed by atoms with E-state index in [-0.39, 0.29) is 0 Å². The molecule has 0 amide bonds. The zero-order chi connectivity index (χ0) is 5.33. The molecule has 0 unspecified atom stereocenters. The van der Waals surface area contributed by atoms with Gasteiger partial charge in [0.25, 0.3) is 0 Å². The molecule has 0 radical (unpaired) electrons. The molecule has 0 aromatic carbocycles. The van der Waals surface area contributed by atoms with Gasteiger partial charge in [0.1, 0.15) is 0 Å². The van der Waals surface area contributed by atoms with Crippen LogP contribution in [0.15, 0.2) is 12.2 Å². The second-order valence-corrected chi connectivity index (χ2v) is 2.61. The smallest absolute Gasteiger partial charge is 0.0115 e. The van der Waals surface area contributed by atoms with E-state index in [2.05, 4.69) is 26.0 Å². The van der Waals surface area contributed by atoms with Gasteiger partial charge in [-0.3, -0.25) is 0 Å². The molecule has 0 aliphatic heterocycles. The minimum absolute atomic E-state index is 0.583. The van der Waals surface area contributed by atoms with Crippen molar-refractivity contribution in [3.63, 3.8) is 0 Å². The summed E-state index contributed by atoms with van der Waals surface area (Å²) in [6, 6.07) is 0. The van der Waals surface area contributed by atoms with Crippen LogP contribution in [0.25, 0.3) is 0 Å². The van der Waals surface area contributed by atoms with E-state index >= 15 is 0 Å². The Bertz CT molecular complexity index is 92.2. The molecule has 0 N–H and O–H groups in total. The molecule has 1 aliphatic rings. The van der Waals surface area contributed by atoms with Crippen LogP contribution < -0.4 is 0 Å². The molecule has 0 saturated carbocycles. The topological polar surface area (TPSA) is 0 Å². The predicted molar refractivity (Wildman–Crippen MR) is 32.2 cm³/mol. The largest absolute Gasteiger partial charge is 0.0871 e. The van der Waals surface area contributed by atoms with Crippen molar-refractivity contribution in [2.75, 3.05) is 0 Å².